The van der Waals surface area contributed by atoms with Crippen LogP contribution in [0.4, 0.5) is 26.3 Å². The molecule has 152 valence electrons. The Morgan fingerprint density at radius 2 is 1.43 bits per heavy atom. The van der Waals surface area contributed by atoms with E-state index in [4.69, 9.17) is 0 Å². The van der Waals surface area contributed by atoms with Gasteiger partial charge in [-0.15, -0.1) is 24.2 Å². The summed E-state index contributed by atoms with van der Waals surface area (Å²) in [6.07, 6.45) is -9.23. The quantitative estimate of drug-likeness (QED) is 0.390. The Morgan fingerprint density at radius 1 is 0.857 bits per heavy atom. The topological polar surface area (TPSA) is 46.2 Å². The fraction of sp³-hybridized carbons (Fsp3) is 0.176. The molecule has 2 aromatic rings. The normalized spacial score (nSPS) is 11.5. The molecule has 0 aliphatic heterocycles. The maximum atomic E-state index is 13.4. The predicted molar refractivity (Wildman–Crippen MR) is 93.7 cm³/mol. The summed E-state index contributed by atoms with van der Waals surface area (Å²) in [5.41, 5.74) is -4.29. The van der Waals surface area contributed by atoms with Gasteiger partial charge >= 0.3 is 12.4 Å². The van der Waals surface area contributed by atoms with Crippen molar-refractivity contribution in [3.63, 3.8) is 0 Å². The summed E-state index contributed by atoms with van der Waals surface area (Å²) in [6.45, 7) is 0. The van der Waals surface area contributed by atoms with Crippen LogP contribution in [-0.4, -0.2) is 18.1 Å². The van der Waals surface area contributed by atoms with Gasteiger partial charge in [0.1, 0.15) is 0 Å². The Bertz CT molecular complexity index is 868. The highest BCUT2D eigenvalue weighted by Crippen LogP contribution is 2.45. The maximum Gasteiger partial charge on any atom is 0.418 e. The second-order valence-electron chi connectivity index (χ2n) is 5.21. The molecule has 0 aromatic heterocycles. The molecule has 1 N–H and O–H groups in total. The van der Waals surface area contributed by atoms with Gasteiger partial charge in [-0.1, -0.05) is 18.2 Å². The Morgan fingerprint density at radius 3 is 1.89 bits per heavy atom. The van der Waals surface area contributed by atoms with Gasteiger partial charge in [0.25, 0.3) is 11.8 Å². The fourth-order valence-electron chi connectivity index (χ4n) is 2.32. The second-order valence-corrected chi connectivity index (χ2v) is 6.03. The van der Waals surface area contributed by atoms with Gasteiger partial charge in [0.2, 0.25) is 0 Å². The number of hydrogen-bond acceptors (Lipinski definition) is 3. The number of rotatable bonds is 3. The molecule has 0 heterocycles. The van der Waals surface area contributed by atoms with Gasteiger partial charge in [-0.25, -0.2) is 0 Å². The number of carbonyl (C=O) groups excluding carboxylic acids is 2. The van der Waals surface area contributed by atoms with Gasteiger partial charge in [0.05, 0.1) is 16.7 Å². The van der Waals surface area contributed by atoms with Gasteiger partial charge in [-0.2, -0.15) is 26.3 Å². The minimum Gasteiger partial charge on any atom is -0.288 e. The summed E-state index contributed by atoms with van der Waals surface area (Å²) in [5, 5.41) is 1.77. The standard InChI is InChI=1S/C17H11F6NO2S.ClH/c1-27-13-11(16(18,19)20)8-7-10(12(13)17(21,22)23)15(26)24-14(25)9-5-3-2-4-6-9;/h2-8H,1H3,(H,24,25,26);1H. The van der Waals surface area contributed by atoms with E-state index in [0.29, 0.717) is 12.1 Å². The SMILES string of the molecule is CSc1c(C(F)(F)F)ccc(C(=O)NC(=O)c2ccccc2)c1C(F)(F)F.Cl. The third kappa shape index (κ3) is 5.20. The molecule has 0 fully saturated rings. The number of benzene rings is 2. The molecule has 0 aliphatic rings. The van der Waals surface area contributed by atoms with Crippen molar-refractivity contribution in [1.29, 1.82) is 0 Å². The van der Waals surface area contributed by atoms with E-state index < -0.39 is 45.8 Å². The lowest BCUT2D eigenvalue weighted by Crippen LogP contribution is -2.32. The lowest BCUT2D eigenvalue weighted by Gasteiger charge is -2.20. The summed E-state index contributed by atoms with van der Waals surface area (Å²) in [5.74, 6) is -2.42. The molecule has 2 amide bonds. The minimum absolute atomic E-state index is 0. The largest absolute Gasteiger partial charge is 0.418 e. The van der Waals surface area contributed by atoms with Crippen LogP contribution in [0.3, 0.4) is 0 Å². The number of imide groups is 1. The van der Waals surface area contributed by atoms with Gasteiger partial charge in [-0.3, -0.25) is 14.9 Å². The fourth-order valence-corrected chi connectivity index (χ4v) is 3.15. The second kappa shape index (κ2) is 8.87. The average Bonchev–Trinajstić information content (AvgIpc) is 2.59. The number of hydrogen-bond donors (Lipinski definition) is 1. The number of halogens is 7. The van der Waals surface area contributed by atoms with Gasteiger partial charge in [0.15, 0.2) is 0 Å². The molecule has 0 aliphatic carbocycles. The van der Waals surface area contributed by atoms with E-state index in [1.165, 1.54) is 24.3 Å². The van der Waals surface area contributed by atoms with Crippen LogP contribution in [0, 0.1) is 0 Å². The lowest BCUT2D eigenvalue weighted by atomic mass is 10.0. The predicted octanol–water partition coefficient (Wildman–Crippen LogP) is 5.44. The molecule has 0 spiro atoms. The third-order valence-electron chi connectivity index (χ3n) is 3.46. The zero-order valence-corrected chi connectivity index (χ0v) is 15.6. The van der Waals surface area contributed by atoms with E-state index in [-0.39, 0.29) is 29.7 Å². The molecule has 0 bridgehead atoms. The average molecular weight is 444 g/mol. The van der Waals surface area contributed by atoms with Crippen molar-refractivity contribution < 1.29 is 35.9 Å². The maximum absolute atomic E-state index is 13.4. The van der Waals surface area contributed by atoms with Crippen molar-refractivity contribution in [3.05, 3.63) is 64.7 Å². The molecular formula is C17H12ClF6NO2S. The van der Waals surface area contributed by atoms with Gasteiger partial charge in [0, 0.05) is 10.5 Å². The Labute approximate surface area is 165 Å². The number of nitrogens with one attached hydrogen (secondary N) is 1. The van der Waals surface area contributed by atoms with Crippen LogP contribution in [-0.2, 0) is 12.4 Å². The summed E-state index contributed by atoms with van der Waals surface area (Å²) in [6, 6.07) is 8.00. The van der Waals surface area contributed by atoms with Crippen molar-refractivity contribution in [2.45, 2.75) is 17.2 Å². The summed E-state index contributed by atoms with van der Waals surface area (Å²) >= 11 is 0.218. The van der Waals surface area contributed by atoms with Crippen molar-refractivity contribution in [3.8, 4) is 0 Å². The van der Waals surface area contributed by atoms with Crippen LogP contribution in [0.15, 0.2) is 47.4 Å². The van der Waals surface area contributed by atoms with E-state index in [1.807, 2.05) is 0 Å². The minimum atomic E-state index is -5.23. The molecule has 2 aromatic carbocycles. The van der Waals surface area contributed by atoms with Crippen molar-refractivity contribution in [1.82, 2.24) is 5.32 Å². The highest BCUT2D eigenvalue weighted by Gasteiger charge is 2.43. The smallest absolute Gasteiger partial charge is 0.288 e. The van der Waals surface area contributed by atoms with Crippen molar-refractivity contribution >= 4 is 36.0 Å². The Hall–Kier alpha value is -2.20. The van der Waals surface area contributed by atoms with Crippen LogP contribution in [0.5, 0.6) is 0 Å². The summed E-state index contributed by atoms with van der Waals surface area (Å²) < 4.78 is 79.4. The molecule has 0 radical (unpaired) electrons. The first-order valence-electron chi connectivity index (χ1n) is 7.23. The number of amides is 2. The monoisotopic (exact) mass is 443 g/mol. The zero-order valence-electron chi connectivity index (χ0n) is 13.9. The highest BCUT2D eigenvalue weighted by molar-refractivity contribution is 7.98. The van der Waals surface area contributed by atoms with E-state index in [2.05, 4.69) is 0 Å². The van der Waals surface area contributed by atoms with Crippen LogP contribution < -0.4 is 5.32 Å². The number of thioether (sulfide) groups is 1. The van der Waals surface area contributed by atoms with E-state index in [9.17, 15) is 35.9 Å². The molecule has 0 saturated carbocycles. The molecule has 2 rings (SSSR count). The first-order chi connectivity index (χ1) is 12.5. The molecule has 11 heteroatoms. The van der Waals surface area contributed by atoms with Gasteiger partial charge in [-0.05, 0) is 30.5 Å². The van der Waals surface area contributed by atoms with Crippen LogP contribution >= 0.6 is 24.2 Å². The molecule has 3 nitrogen and oxygen atoms in total. The van der Waals surface area contributed by atoms with Crippen LogP contribution in [0.2, 0.25) is 0 Å². The van der Waals surface area contributed by atoms with Crippen molar-refractivity contribution in [2.75, 3.05) is 6.26 Å². The highest BCUT2D eigenvalue weighted by atomic mass is 35.5. The first-order valence-corrected chi connectivity index (χ1v) is 8.45. The van der Waals surface area contributed by atoms with E-state index >= 15 is 0 Å². The van der Waals surface area contributed by atoms with Crippen molar-refractivity contribution in [2.24, 2.45) is 0 Å². The Balaban J connectivity index is 0.00000392. The number of alkyl halides is 6. The van der Waals surface area contributed by atoms with Crippen LogP contribution in [0.25, 0.3) is 0 Å². The third-order valence-corrected chi connectivity index (χ3v) is 4.29. The van der Waals surface area contributed by atoms with Gasteiger partial charge < -0.3 is 0 Å². The molecule has 0 atom stereocenters. The summed E-state index contributed by atoms with van der Waals surface area (Å²) in [7, 11) is 0. The zero-order chi connectivity index (χ0) is 20.4. The van der Waals surface area contributed by atoms with Crippen LogP contribution in [0.1, 0.15) is 31.8 Å². The van der Waals surface area contributed by atoms with E-state index in [1.54, 1.807) is 11.4 Å². The lowest BCUT2D eigenvalue weighted by molar-refractivity contribution is -0.147. The number of carbonyl (C=O) groups is 2. The molecular weight excluding hydrogens is 432 g/mol. The summed E-state index contributed by atoms with van der Waals surface area (Å²) in [4.78, 5) is 23.0. The Kier molecular flexibility index (Phi) is 7.55. The molecule has 28 heavy (non-hydrogen) atoms. The molecule has 0 unspecified atom stereocenters. The van der Waals surface area contributed by atoms with E-state index in [0.717, 1.165) is 6.26 Å². The first kappa shape index (κ1) is 23.8. The molecule has 0 saturated heterocycles.